The van der Waals surface area contributed by atoms with Crippen LogP contribution in [0.5, 0.6) is 0 Å². The first-order chi connectivity index (χ1) is 6.65. The summed E-state index contributed by atoms with van der Waals surface area (Å²) in [5.41, 5.74) is 5.30. The minimum Gasteiger partial charge on any atom is -0.380 e. The summed E-state index contributed by atoms with van der Waals surface area (Å²) in [6.45, 7) is 7.49. The maximum Gasteiger partial charge on any atom is 0.225 e. The third-order valence-electron chi connectivity index (χ3n) is 2.38. The lowest BCUT2D eigenvalue weighted by Gasteiger charge is -2.40. The van der Waals surface area contributed by atoms with Crippen LogP contribution in [0.2, 0.25) is 0 Å². The molecule has 0 spiro atoms. The molecular weight excluding hydrogens is 180 g/mol. The number of carbonyl (C=O) groups is 1. The Hall–Kier alpha value is -0.610. The van der Waals surface area contributed by atoms with Crippen LogP contribution in [0.1, 0.15) is 13.8 Å². The average molecular weight is 200 g/mol. The second-order valence-electron chi connectivity index (χ2n) is 4.13. The zero-order chi connectivity index (χ0) is 10.6. The predicted octanol–water partition coefficient (Wildman–Crippen LogP) is 0.0761. The molecule has 1 saturated heterocycles. The van der Waals surface area contributed by atoms with Gasteiger partial charge < -0.3 is 15.4 Å². The summed E-state index contributed by atoms with van der Waals surface area (Å²) < 4.78 is 5.31. The lowest BCUT2D eigenvalue weighted by atomic mass is 9.99. The van der Waals surface area contributed by atoms with Gasteiger partial charge in [0.15, 0.2) is 0 Å². The van der Waals surface area contributed by atoms with Crippen molar-refractivity contribution in [1.82, 2.24) is 4.90 Å². The maximum atomic E-state index is 11.5. The van der Waals surface area contributed by atoms with E-state index in [4.69, 9.17) is 10.5 Å². The molecule has 0 unspecified atom stereocenters. The molecule has 0 aromatic rings. The van der Waals surface area contributed by atoms with Crippen LogP contribution in [0.4, 0.5) is 0 Å². The van der Waals surface area contributed by atoms with Crippen LogP contribution in [0, 0.1) is 11.8 Å². The molecule has 1 aliphatic heterocycles. The van der Waals surface area contributed by atoms with Crippen molar-refractivity contribution in [2.75, 3.05) is 32.8 Å². The van der Waals surface area contributed by atoms with E-state index in [9.17, 15) is 4.79 Å². The Balaban J connectivity index is 2.08. The fourth-order valence-corrected chi connectivity index (χ4v) is 1.55. The Kier molecular flexibility index (Phi) is 4.35. The molecule has 14 heavy (non-hydrogen) atoms. The van der Waals surface area contributed by atoms with Crippen molar-refractivity contribution in [1.29, 1.82) is 0 Å². The first kappa shape index (κ1) is 11.5. The molecule has 0 bridgehead atoms. The van der Waals surface area contributed by atoms with Gasteiger partial charge in [-0.25, -0.2) is 0 Å². The molecule has 0 aliphatic carbocycles. The van der Waals surface area contributed by atoms with Gasteiger partial charge in [0.25, 0.3) is 0 Å². The van der Waals surface area contributed by atoms with Gasteiger partial charge in [-0.15, -0.1) is 0 Å². The average Bonchev–Trinajstić information content (AvgIpc) is 2.08. The summed E-state index contributed by atoms with van der Waals surface area (Å²) in [6.07, 6.45) is 0. The van der Waals surface area contributed by atoms with E-state index in [1.807, 2.05) is 18.7 Å². The van der Waals surface area contributed by atoms with Crippen LogP contribution < -0.4 is 5.73 Å². The molecule has 0 aromatic heterocycles. The second kappa shape index (κ2) is 5.32. The van der Waals surface area contributed by atoms with E-state index in [1.54, 1.807) is 0 Å². The summed E-state index contributed by atoms with van der Waals surface area (Å²) in [4.78, 5) is 13.4. The number of nitrogens with two attached hydrogens (primary N) is 1. The van der Waals surface area contributed by atoms with E-state index < -0.39 is 0 Å². The highest BCUT2D eigenvalue weighted by atomic mass is 16.5. The number of hydrogen-bond acceptors (Lipinski definition) is 3. The number of nitrogens with zero attached hydrogens (tertiary/aromatic N) is 1. The Bertz CT molecular complexity index is 189. The third kappa shape index (κ3) is 2.96. The van der Waals surface area contributed by atoms with Crippen molar-refractivity contribution in [3.8, 4) is 0 Å². The topological polar surface area (TPSA) is 55.6 Å². The molecule has 1 aliphatic rings. The molecule has 82 valence electrons. The minimum atomic E-state index is 0.112. The molecule has 1 rings (SSSR count). The van der Waals surface area contributed by atoms with Crippen LogP contribution in [-0.2, 0) is 9.53 Å². The van der Waals surface area contributed by atoms with E-state index in [0.29, 0.717) is 19.1 Å². The Labute approximate surface area is 85.4 Å². The van der Waals surface area contributed by atoms with Gasteiger partial charge in [0.1, 0.15) is 0 Å². The van der Waals surface area contributed by atoms with Crippen molar-refractivity contribution < 1.29 is 9.53 Å². The Morgan fingerprint density at radius 3 is 2.71 bits per heavy atom. The highest BCUT2D eigenvalue weighted by Crippen LogP contribution is 2.18. The molecule has 0 radical (unpaired) electrons. The molecule has 0 aromatic carbocycles. The third-order valence-corrected chi connectivity index (χ3v) is 2.38. The summed E-state index contributed by atoms with van der Waals surface area (Å²) in [5, 5.41) is 0. The highest BCUT2D eigenvalue weighted by Gasteiger charge is 2.31. The normalized spacial score (nSPS) is 17.3. The first-order valence-electron chi connectivity index (χ1n) is 5.21. The number of ether oxygens (including phenoxy) is 1. The van der Waals surface area contributed by atoms with Gasteiger partial charge in [0.05, 0.1) is 13.2 Å². The molecule has 1 fully saturated rings. The van der Waals surface area contributed by atoms with Gasteiger partial charge in [-0.05, 0) is 0 Å². The first-order valence-corrected chi connectivity index (χ1v) is 5.21. The van der Waals surface area contributed by atoms with Crippen molar-refractivity contribution in [2.45, 2.75) is 13.8 Å². The quantitative estimate of drug-likeness (QED) is 0.639. The van der Waals surface area contributed by atoms with Gasteiger partial charge in [-0.1, -0.05) is 13.8 Å². The lowest BCUT2D eigenvalue weighted by Crippen LogP contribution is -2.53. The highest BCUT2D eigenvalue weighted by molar-refractivity contribution is 5.78. The summed E-state index contributed by atoms with van der Waals surface area (Å²) in [7, 11) is 0. The number of amides is 1. The van der Waals surface area contributed by atoms with E-state index in [0.717, 1.165) is 19.7 Å². The SMILES string of the molecule is CC(C)C(=O)N1CC(COCCN)C1. The molecule has 1 amide bonds. The zero-order valence-corrected chi connectivity index (χ0v) is 9.03. The van der Waals surface area contributed by atoms with Crippen molar-refractivity contribution >= 4 is 5.91 Å². The van der Waals surface area contributed by atoms with Crippen LogP contribution in [0.15, 0.2) is 0 Å². The molecular formula is C10H20N2O2. The Morgan fingerprint density at radius 2 is 2.21 bits per heavy atom. The molecule has 2 N–H and O–H groups in total. The smallest absolute Gasteiger partial charge is 0.225 e. The maximum absolute atomic E-state index is 11.5. The monoisotopic (exact) mass is 200 g/mol. The van der Waals surface area contributed by atoms with Crippen LogP contribution >= 0.6 is 0 Å². The summed E-state index contributed by atoms with van der Waals surface area (Å²) in [5.74, 6) is 0.880. The van der Waals surface area contributed by atoms with E-state index >= 15 is 0 Å². The summed E-state index contributed by atoms with van der Waals surface area (Å²) in [6, 6.07) is 0. The molecule has 0 saturated carbocycles. The lowest BCUT2D eigenvalue weighted by molar-refractivity contribution is -0.142. The van der Waals surface area contributed by atoms with Crippen LogP contribution in [0.25, 0.3) is 0 Å². The Morgan fingerprint density at radius 1 is 1.57 bits per heavy atom. The van der Waals surface area contributed by atoms with Gasteiger partial charge >= 0.3 is 0 Å². The van der Waals surface area contributed by atoms with Crippen LogP contribution in [0.3, 0.4) is 0 Å². The minimum absolute atomic E-state index is 0.112. The van der Waals surface area contributed by atoms with Gasteiger partial charge in [0, 0.05) is 31.5 Å². The number of hydrogen-bond donors (Lipinski definition) is 1. The van der Waals surface area contributed by atoms with Gasteiger partial charge in [0.2, 0.25) is 5.91 Å². The van der Waals surface area contributed by atoms with E-state index in [1.165, 1.54) is 0 Å². The molecule has 0 atom stereocenters. The number of rotatable bonds is 5. The summed E-state index contributed by atoms with van der Waals surface area (Å²) >= 11 is 0. The molecule has 4 nitrogen and oxygen atoms in total. The standard InChI is InChI=1S/C10H20N2O2/c1-8(2)10(13)12-5-9(6-12)7-14-4-3-11/h8-9H,3-7,11H2,1-2H3. The molecule has 4 heteroatoms. The fraction of sp³-hybridized carbons (Fsp3) is 0.900. The number of likely N-dealkylation sites (tertiary alicyclic amines) is 1. The molecule has 1 heterocycles. The van der Waals surface area contributed by atoms with Gasteiger partial charge in [-0.3, -0.25) is 4.79 Å². The van der Waals surface area contributed by atoms with Crippen LogP contribution in [-0.4, -0.2) is 43.7 Å². The number of carbonyl (C=O) groups excluding carboxylic acids is 1. The van der Waals surface area contributed by atoms with Crippen molar-refractivity contribution in [3.63, 3.8) is 0 Å². The van der Waals surface area contributed by atoms with E-state index in [2.05, 4.69) is 0 Å². The second-order valence-corrected chi connectivity index (χ2v) is 4.13. The predicted molar refractivity (Wildman–Crippen MR) is 54.8 cm³/mol. The van der Waals surface area contributed by atoms with E-state index in [-0.39, 0.29) is 11.8 Å². The van der Waals surface area contributed by atoms with Gasteiger partial charge in [-0.2, -0.15) is 0 Å². The van der Waals surface area contributed by atoms with Crippen molar-refractivity contribution in [3.05, 3.63) is 0 Å². The zero-order valence-electron chi connectivity index (χ0n) is 9.03. The van der Waals surface area contributed by atoms with Crippen molar-refractivity contribution in [2.24, 2.45) is 17.6 Å². The fourth-order valence-electron chi connectivity index (χ4n) is 1.55. The largest absolute Gasteiger partial charge is 0.380 e.